The zero-order chi connectivity index (χ0) is 13.2. The molecule has 0 radical (unpaired) electrons. The van der Waals surface area contributed by atoms with Crippen molar-refractivity contribution < 1.29 is 17.6 Å². The molecule has 0 fully saturated rings. The van der Waals surface area contributed by atoms with E-state index in [0.717, 1.165) is 0 Å². The van der Waals surface area contributed by atoms with Gasteiger partial charge in [-0.1, -0.05) is 0 Å². The summed E-state index contributed by atoms with van der Waals surface area (Å²) in [5.74, 6) is -4.05. The van der Waals surface area contributed by atoms with Gasteiger partial charge in [0.05, 0.1) is 22.9 Å². The Bertz CT molecular complexity index is 411. The standard InChI is InChI=1S/C9H10BrF4N3/c1-4-5(15)2-16-7(6(4)10)17-3-9(13,14)8(11)12/h2,8H,3,15H2,1H3,(H,16,17). The molecule has 0 aliphatic rings. The Kier molecular flexibility index (Phi) is 4.18. The monoisotopic (exact) mass is 315 g/mol. The number of pyridine rings is 1. The molecule has 0 amide bonds. The summed E-state index contributed by atoms with van der Waals surface area (Å²) in [5.41, 5.74) is 6.51. The Balaban J connectivity index is 2.81. The maximum atomic E-state index is 12.7. The highest BCUT2D eigenvalue weighted by Crippen LogP contribution is 2.29. The van der Waals surface area contributed by atoms with E-state index in [1.807, 2.05) is 0 Å². The van der Waals surface area contributed by atoms with E-state index in [9.17, 15) is 17.6 Å². The van der Waals surface area contributed by atoms with E-state index in [1.165, 1.54) is 6.20 Å². The fourth-order valence-corrected chi connectivity index (χ4v) is 1.47. The maximum absolute atomic E-state index is 12.7. The number of nitrogen functional groups attached to an aromatic ring is 1. The second-order valence-corrected chi connectivity index (χ2v) is 4.21. The minimum absolute atomic E-state index is 0.0528. The molecule has 17 heavy (non-hydrogen) atoms. The molecule has 0 unspecified atom stereocenters. The van der Waals surface area contributed by atoms with Crippen LogP contribution in [0.2, 0.25) is 0 Å². The van der Waals surface area contributed by atoms with Crippen LogP contribution in [0.1, 0.15) is 5.56 Å². The zero-order valence-corrected chi connectivity index (χ0v) is 10.4. The fourth-order valence-electron chi connectivity index (χ4n) is 0.994. The summed E-state index contributed by atoms with van der Waals surface area (Å²) in [6, 6.07) is 0. The molecule has 0 spiro atoms. The number of nitrogens with zero attached hydrogens (tertiary/aromatic N) is 1. The summed E-state index contributed by atoms with van der Waals surface area (Å²) in [7, 11) is 0. The second kappa shape index (κ2) is 5.07. The van der Waals surface area contributed by atoms with Gasteiger partial charge in [-0.3, -0.25) is 0 Å². The minimum Gasteiger partial charge on any atom is -0.397 e. The average Bonchev–Trinajstić information content (AvgIpc) is 2.25. The van der Waals surface area contributed by atoms with Gasteiger partial charge in [-0.2, -0.15) is 8.78 Å². The predicted molar refractivity (Wildman–Crippen MR) is 60.5 cm³/mol. The van der Waals surface area contributed by atoms with E-state index in [1.54, 1.807) is 6.92 Å². The van der Waals surface area contributed by atoms with E-state index in [-0.39, 0.29) is 5.82 Å². The molecule has 0 bridgehead atoms. The summed E-state index contributed by atoms with van der Waals surface area (Å²) < 4.78 is 49.5. The molecule has 0 aliphatic carbocycles. The molecular formula is C9H10BrF4N3. The van der Waals surface area contributed by atoms with Crippen LogP contribution >= 0.6 is 15.9 Å². The summed E-state index contributed by atoms with van der Waals surface area (Å²) in [6.45, 7) is 0.456. The third-order valence-corrected chi connectivity index (χ3v) is 3.08. The lowest BCUT2D eigenvalue weighted by Crippen LogP contribution is -2.35. The van der Waals surface area contributed by atoms with Crippen molar-refractivity contribution in [2.24, 2.45) is 0 Å². The first-order valence-electron chi connectivity index (χ1n) is 4.56. The number of halogens is 5. The molecule has 96 valence electrons. The van der Waals surface area contributed by atoms with E-state index in [2.05, 4.69) is 26.2 Å². The van der Waals surface area contributed by atoms with Crippen molar-refractivity contribution in [1.29, 1.82) is 0 Å². The topological polar surface area (TPSA) is 50.9 Å². The number of hydrogen-bond acceptors (Lipinski definition) is 3. The van der Waals surface area contributed by atoms with Gasteiger partial charge in [0.1, 0.15) is 5.82 Å². The van der Waals surface area contributed by atoms with E-state index < -0.39 is 18.9 Å². The highest BCUT2D eigenvalue weighted by atomic mass is 79.9. The first-order valence-corrected chi connectivity index (χ1v) is 5.35. The predicted octanol–water partition coefficient (Wildman–Crippen LogP) is 3.05. The first kappa shape index (κ1) is 14.0. The molecule has 8 heteroatoms. The van der Waals surface area contributed by atoms with Gasteiger partial charge in [-0.25, -0.2) is 13.8 Å². The smallest absolute Gasteiger partial charge is 0.324 e. The largest absolute Gasteiger partial charge is 0.397 e. The highest BCUT2D eigenvalue weighted by molar-refractivity contribution is 9.10. The molecule has 1 aromatic rings. The summed E-state index contributed by atoms with van der Waals surface area (Å²) in [4.78, 5) is 3.74. The van der Waals surface area contributed by atoms with Crippen molar-refractivity contribution >= 4 is 27.4 Å². The van der Waals surface area contributed by atoms with Crippen LogP contribution in [0.5, 0.6) is 0 Å². The SMILES string of the molecule is Cc1c(N)cnc(NCC(F)(F)C(F)F)c1Br. The van der Waals surface area contributed by atoms with Gasteiger partial charge in [0.25, 0.3) is 0 Å². The number of rotatable bonds is 4. The Morgan fingerprint density at radius 3 is 2.65 bits per heavy atom. The lowest BCUT2D eigenvalue weighted by molar-refractivity contribution is -0.117. The Morgan fingerprint density at radius 1 is 1.53 bits per heavy atom. The molecule has 0 atom stereocenters. The van der Waals surface area contributed by atoms with Gasteiger partial charge in [-0.15, -0.1) is 0 Å². The molecule has 1 rings (SSSR count). The Morgan fingerprint density at radius 2 is 2.12 bits per heavy atom. The van der Waals surface area contributed by atoms with Crippen molar-refractivity contribution in [2.45, 2.75) is 19.3 Å². The lowest BCUT2D eigenvalue weighted by atomic mass is 10.2. The Hall–Kier alpha value is -1.05. The summed E-state index contributed by atoms with van der Waals surface area (Å²) in [5, 5.41) is 2.16. The van der Waals surface area contributed by atoms with Crippen LogP contribution in [0.3, 0.4) is 0 Å². The molecule has 0 aromatic carbocycles. The van der Waals surface area contributed by atoms with Crippen LogP contribution in [0, 0.1) is 6.92 Å². The number of anilines is 2. The summed E-state index contributed by atoms with van der Waals surface area (Å²) in [6.07, 6.45) is -2.45. The van der Waals surface area contributed by atoms with Crippen LogP contribution in [-0.2, 0) is 0 Å². The van der Waals surface area contributed by atoms with E-state index in [0.29, 0.717) is 15.7 Å². The highest BCUT2D eigenvalue weighted by Gasteiger charge is 2.40. The quantitative estimate of drug-likeness (QED) is 0.840. The number of alkyl halides is 4. The van der Waals surface area contributed by atoms with Gasteiger partial charge in [-0.05, 0) is 28.4 Å². The molecular weight excluding hydrogens is 306 g/mol. The molecule has 3 nitrogen and oxygen atoms in total. The molecule has 0 aliphatic heterocycles. The van der Waals surface area contributed by atoms with Crippen LogP contribution in [0.4, 0.5) is 29.1 Å². The Labute approximate surface area is 104 Å². The van der Waals surface area contributed by atoms with E-state index in [4.69, 9.17) is 5.73 Å². The summed E-state index contributed by atoms with van der Waals surface area (Å²) >= 11 is 3.10. The normalized spacial score (nSPS) is 11.9. The maximum Gasteiger partial charge on any atom is 0.324 e. The van der Waals surface area contributed by atoms with Crippen molar-refractivity contribution in [3.05, 3.63) is 16.2 Å². The first-order chi connectivity index (χ1) is 7.75. The molecule has 1 aromatic heterocycles. The van der Waals surface area contributed by atoms with Gasteiger partial charge in [0.15, 0.2) is 0 Å². The number of nitrogens with two attached hydrogens (primary N) is 1. The van der Waals surface area contributed by atoms with Gasteiger partial charge in [0, 0.05) is 0 Å². The lowest BCUT2D eigenvalue weighted by Gasteiger charge is -2.17. The number of hydrogen-bond donors (Lipinski definition) is 2. The molecule has 0 saturated heterocycles. The minimum atomic E-state index is -4.10. The van der Waals surface area contributed by atoms with Gasteiger partial charge >= 0.3 is 12.3 Å². The van der Waals surface area contributed by atoms with Crippen LogP contribution in [-0.4, -0.2) is 23.9 Å². The van der Waals surface area contributed by atoms with Crippen LogP contribution < -0.4 is 11.1 Å². The number of aromatic nitrogens is 1. The van der Waals surface area contributed by atoms with Crippen molar-refractivity contribution in [3.8, 4) is 0 Å². The van der Waals surface area contributed by atoms with Crippen LogP contribution in [0.15, 0.2) is 10.7 Å². The molecule has 3 N–H and O–H groups in total. The second-order valence-electron chi connectivity index (χ2n) is 3.42. The van der Waals surface area contributed by atoms with E-state index >= 15 is 0 Å². The fraction of sp³-hybridized carbons (Fsp3) is 0.444. The van der Waals surface area contributed by atoms with Crippen LogP contribution in [0.25, 0.3) is 0 Å². The van der Waals surface area contributed by atoms with Crippen molar-refractivity contribution in [3.63, 3.8) is 0 Å². The average molecular weight is 316 g/mol. The van der Waals surface area contributed by atoms with Gasteiger partial charge < -0.3 is 11.1 Å². The number of nitrogens with one attached hydrogen (secondary N) is 1. The molecule has 0 saturated carbocycles. The van der Waals surface area contributed by atoms with Gasteiger partial charge in [0.2, 0.25) is 0 Å². The third kappa shape index (κ3) is 3.21. The van der Waals surface area contributed by atoms with Crippen molar-refractivity contribution in [1.82, 2.24) is 4.98 Å². The third-order valence-electron chi connectivity index (χ3n) is 2.11. The zero-order valence-electron chi connectivity index (χ0n) is 8.78. The molecule has 1 heterocycles. The van der Waals surface area contributed by atoms with Crippen molar-refractivity contribution in [2.75, 3.05) is 17.6 Å².